The number of amides is 1. The highest BCUT2D eigenvalue weighted by Crippen LogP contribution is 2.25. The van der Waals surface area contributed by atoms with Crippen LogP contribution in [0, 0.1) is 5.82 Å². The minimum atomic E-state index is -0.422. The Kier molecular flexibility index (Phi) is 4.51. The van der Waals surface area contributed by atoms with Gasteiger partial charge in [-0.25, -0.2) is 9.87 Å². The molecule has 4 nitrogen and oxygen atoms in total. The van der Waals surface area contributed by atoms with Crippen molar-refractivity contribution in [2.45, 2.75) is 0 Å². The highest BCUT2D eigenvalue weighted by atomic mass is 79.9. The number of rotatable bonds is 4. The zero-order chi connectivity index (χ0) is 11.3. The molecule has 0 saturated heterocycles. The molecule has 6 heteroatoms. The Labute approximate surface area is 94.5 Å². The van der Waals surface area contributed by atoms with Gasteiger partial charge in [-0.1, -0.05) is 0 Å². The number of ether oxygens (including phenoxy) is 1. The first-order chi connectivity index (χ1) is 7.13. The summed E-state index contributed by atoms with van der Waals surface area (Å²) in [7, 11) is 1.33. The van der Waals surface area contributed by atoms with Gasteiger partial charge in [0.05, 0.1) is 11.6 Å². The van der Waals surface area contributed by atoms with Crippen LogP contribution in [0.4, 0.5) is 4.39 Å². The number of nitrogens with one attached hydrogen (secondary N) is 1. The van der Waals surface area contributed by atoms with Crippen LogP contribution in [0.2, 0.25) is 0 Å². The van der Waals surface area contributed by atoms with Crippen LogP contribution in [-0.4, -0.2) is 19.6 Å². The fraction of sp³-hybridized carbons (Fsp3) is 0.222. The first kappa shape index (κ1) is 11.9. The zero-order valence-electron chi connectivity index (χ0n) is 7.92. The van der Waals surface area contributed by atoms with Crippen LogP contribution >= 0.6 is 15.9 Å². The second-order valence-corrected chi connectivity index (χ2v) is 3.45. The van der Waals surface area contributed by atoms with Crippen molar-refractivity contribution in [2.75, 3.05) is 13.7 Å². The molecular weight excluding hydrogens is 269 g/mol. The number of halogens is 2. The lowest BCUT2D eigenvalue weighted by molar-refractivity contribution is -0.133. The third-order valence-electron chi connectivity index (χ3n) is 1.47. The van der Waals surface area contributed by atoms with E-state index in [1.54, 1.807) is 0 Å². The van der Waals surface area contributed by atoms with Gasteiger partial charge >= 0.3 is 0 Å². The molecule has 0 aliphatic carbocycles. The first-order valence-electron chi connectivity index (χ1n) is 4.03. The molecule has 0 unspecified atom stereocenters. The van der Waals surface area contributed by atoms with Crippen molar-refractivity contribution in [3.8, 4) is 5.75 Å². The van der Waals surface area contributed by atoms with Crippen molar-refractivity contribution < 1.29 is 18.8 Å². The molecule has 0 bridgehead atoms. The summed E-state index contributed by atoms with van der Waals surface area (Å²) in [4.78, 5) is 15.3. The molecule has 1 aromatic rings. The van der Waals surface area contributed by atoms with E-state index in [1.165, 1.54) is 25.3 Å². The SMILES string of the molecule is CONC(=O)COc1ccc(F)cc1Br. The minimum absolute atomic E-state index is 0.196. The highest BCUT2D eigenvalue weighted by molar-refractivity contribution is 9.10. The van der Waals surface area contributed by atoms with E-state index in [1.807, 2.05) is 0 Å². The lowest BCUT2D eigenvalue weighted by Crippen LogP contribution is -2.27. The molecule has 0 fully saturated rings. The Morgan fingerprint density at radius 2 is 2.33 bits per heavy atom. The number of hydrogen-bond donors (Lipinski definition) is 1. The van der Waals surface area contributed by atoms with Crippen molar-refractivity contribution in [1.82, 2.24) is 5.48 Å². The van der Waals surface area contributed by atoms with Crippen molar-refractivity contribution in [1.29, 1.82) is 0 Å². The number of hydroxylamine groups is 1. The zero-order valence-corrected chi connectivity index (χ0v) is 9.51. The lowest BCUT2D eigenvalue weighted by Gasteiger charge is -2.07. The maximum absolute atomic E-state index is 12.7. The predicted octanol–water partition coefficient (Wildman–Crippen LogP) is 1.64. The Hall–Kier alpha value is -1.14. The van der Waals surface area contributed by atoms with Crippen LogP contribution in [0.1, 0.15) is 0 Å². The first-order valence-corrected chi connectivity index (χ1v) is 4.82. The van der Waals surface area contributed by atoms with Gasteiger partial charge in [-0.2, -0.15) is 0 Å². The highest BCUT2D eigenvalue weighted by Gasteiger charge is 2.05. The van der Waals surface area contributed by atoms with E-state index < -0.39 is 5.91 Å². The summed E-state index contributed by atoms with van der Waals surface area (Å²) in [5.74, 6) is -0.410. The molecule has 0 aliphatic heterocycles. The molecule has 1 N–H and O–H groups in total. The van der Waals surface area contributed by atoms with Gasteiger partial charge in [0.1, 0.15) is 11.6 Å². The maximum atomic E-state index is 12.7. The van der Waals surface area contributed by atoms with E-state index in [2.05, 4.69) is 26.2 Å². The molecule has 0 aromatic heterocycles. The van der Waals surface area contributed by atoms with Crippen molar-refractivity contribution in [3.63, 3.8) is 0 Å². The molecular formula is C9H9BrFNO3. The van der Waals surface area contributed by atoms with E-state index in [4.69, 9.17) is 4.74 Å². The van der Waals surface area contributed by atoms with E-state index in [9.17, 15) is 9.18 Å². The Morgan fingerprint density at radius 1 is 1.60 bits per heavy atom. The smallest absolute Gasteiger partial charge is 0.281 e. The second-order valence-electron chi connectivity index (χ2n) is 2.59. The van der Waals surface area contributed by atoms with Crippen LogP contribution in [0.15, 0.2) is 22.7 Å². The Balaban J connectivity index is 2.54. The summed E-state index contributed by atoms with van der Waals surface area (Å²) >= 11 is 3.11. The van der Waals surface area contributed by atoms with Crippen LogP contribution in [0.5, 0.6) is 5.75 Å². The third-order valence-corrected chi connectivity index (χ3v) is 2.09. The molecule has 0 heterocycles. The van der Waals surface area contributed by atoms with Gasteiger partial charge in [-0.3, -0.25) is 9.63 Å². The molecule has 15 heavy (non-hydrogen) atoms. The molecule has 0 radical (unpaired) electrons. The summed E-state index contributed by atoms with van der Waals surface area (Å²) < 4.78 is 18.2. The predicted molar refractivity (Wildman–Crippen MR) is 54.7 cm³/mol. The van der Waals surface area contributed by atoms with Gasteiger partial charge in [0.15, 0.2) is 6.61 Å². The molecule has 0 aliphatic rings. The summed E-state index contributed by atoms with van der Waals surface area (Å²) in [5.41, 5.74) is 2.09. The molecule has 0 saturated carbocycles. The number of carbonyl (C=O) groups is 1. The Bertz CT molecular complexity index is 359. The van der Waals surface area contributed by atoms with Crippen LogP contribution < -0.4 is 10.2 Å². The average Bonchev–Trinajstić information content (AvgIpc) is 2.17. The minimum Gasteiger partial charge on any atom is -0.483 e. The van der Waals surface area contributed by atoms with Crippen LogP contribution in [0.25, 0.3) is 0 Å². The fourth-order valence-electron chi connectivity index (χ4n) is 0.879. The lowest BCUT2D eigenvalue weighted by atomic mass is 10.3. The molecule has 0 atom stereocenters. The summed E-state index contributed by atoms with van der Waals surface area (Å²) in [6.45, 7) is -0.196. The van der Waals surface area contributed by atoms with E-state index in [-0.39, 0.29) is 12.4 Å². The van der Waals surface area contributed by atoms with Gasteiger partial charge in [0.25, 0.3) is 5.91 Å². The summed E-state index contributed by atoms with van der Waals surface area (Å²) in [5, 5.41) is 0. The van der Waals surface area contributed by atoms with Crippen molar-refractivity contribution in [3.05, 3.63) is 28.5 Å². The summed E-state index contributed by atoms with van der Waals surface area (Å²) in [6.07, 6.45) is 0. The van der Waals surface area contributed by atoms with Crippen molar-refractivity contribution >= 4 is 21.8 Å². The van der Waals surface area contributed by atoms with Crippen molar-refractivity contribution in [2.24, 2.45) is 0 Å². The standard InChI is InChI=1S/C9H9BrFNO3/c1-14-12-9(13)5-15-8-3-2-6(11)4-7(8)10/h2-4H,5H2,1H3,(H,12,13). The van der Waals surface area contributed by atoms with E-state index in [0.29, 0.717) is 10.2 Å². The fourth-order valence-corrected chi connectivity index (χ4v) is 1.34. The molecule has 1 rings (SSSR count). The second kappa shape index (κ2) is 5.67. The van der Waals surface area contributed by atoms with Gasteiger partial charge in [0, 0.05) is 0 Å². The van der Waals surface area contributed by atoms with E-state index in [0.717, 1.165) is 0 Å². The molecule has 82 valence electrons. The van der Waals surface area contributed by atoms with Crippen LogP contribution in [-0.2, 0) is 9.63 Å². The van der Waals surface area contributed by atoms with Gasteiger partial charge in [-0.05, 0) is 34.1 Å². The average molecular weight is 278 g/mol. The molecule has 1 aromatic carbocycles. The summed E-state index contributed by atoms with van der Waals surface area (Å²) in [6, 6.07) is 3.93. The number of carbonyl (C=O) groups excluding carboxylic acids is 1. The third kappa shape index (κ3) is 3.85. The maximum Gasteiger partial charge on any atom is 0.281 e. The van der Waals surface area contributed by atoms with E-state index >= 15 is 0 Å². The quantitative estimate of drug-likeness (QED) is 0.852. The monoisotopic (exact) mass is 277 g/mol. The molecule has 1 amide bonds. The number of benzene rings is 1. The number of hydrogen-bond acceptors (Lipinski definition) is 3. The van der Waals surface area contributed by atoms with Gasteiger partial charge in [0.2, 0.25) is 0 Å². The van der Waals surface area contributed by atoms with Gasteiger partial charge in [-0.15, -0.1) is 0 Å². The topological polar surface area (TPSA) is 47.6 Å². The molecule has 0 spiro atoms. The van der Waals surface area contributed by atoms with Gasteiger partial charge < -0.3 is 4.74 Å². The Morgan fingerprint density at radius 3 is 2.93 bits per heavy atom. The van der Waals surface area contributed by atoms with Crippen LogP contribution in [0.3, 0.4) is 0 Å². The normalized spacial score (nSPS) is 9.80. The largest absolute Gasteiger partial charge is 0.483 e.